The monoisotopic (exact) mass is 584 g/mol. The highest BCUT2D eigenvalue weighted by atomic mass is 19.4. The number of nitrogens with zero attached hydrogens (tertiary/aromatic N) is 5. The normalized spacial score (nSPS) is 18.2. The van der Waals surface area contributed by atoms with E-state index in [2.05, 4.69) is 20.5 Å². The molecule has 3 aromatic rings. The third kappa shape index (κ3) is 5.35. The van der Waals surface area contributed by atoms with Crippen molar-refractivity contribution in [3.63, 3.8) is 0 Å². The van der Waals surface area contributed by atoms with Gasteiger partial charge in [-0.15, -0.1) is 5.10 Å². The van der Waals surface area contributed by atoms with Gasteiger partial charge in [0, 0.05) is 62.9 Å². The van der Waals surface area contributed by atoms with Gasteiger partial charge < -0.3 is 19.9 Å². The molecular formula is C29H28F4N6O3. The number of ether oxygens (including phenoxy) is 1. The number of rotatable bonds is 8. The van der Waals surface area contributed by atoms with Gasteiger partial charge in [-0.25, -0.2) is 4.39 Å². The Morgan fingerprint density at radius 2 is 1.74 bits per heavy atom. The Labute approximate surface area is 238 Å². The van der Waals surface area contributed by atoms with Crippen LogP contribution < -0.4 is 15.0 Å². The van der Waals surface area contributed by atoms with Crippen molar-refractivity contribution in [2.45, 2.75) is 44.5 Å². The molecule has 6 rings (SSSR count). The average Bonchev–Trinajstić information content (AvgIpc) is 3.72. The number of pyridine rings is 1. The van der Waals surface area contributed by atoms with Gasteiger partial charge >= 0.3 is 6.18 Å². The fraction of sp³-hybridized carbons (Fsp3) is 0.414. The van der Waals surface area contributed by atoms with Crippen molar-refractivity contribution in [1.82, 2.24) is 25.4 Å². The second-order valence-corrected chi connectivity index (χ2v) is 11.4. The number of hydrogen-bond donors (Lipinski definition) is 1. The highest BCUT2D eigenvalue weighted by Gasteiger charge is 2.54. The molecule has 1 spiro atoms. The number of nitrogens with one attached hydrogen (secondary N) is 1. The first-order valence-electron chi connectivity index (χ1n) is 13.5. The van der Waals surface area contributed by atoms with E-state index in [9.17, 15) is 27.2 Å². The van der Waals surface area contributed by atoms with E-state index < -0.39 is 17.3 Å². The maximum absolute atomic E-state index is 14.9. The molecule has 220 valence electrons. The number of halogens is 4. The molecule has 4 heterocycles. The largest absolute Gasteiger partial charge is 0.472 e. The Morgan fingerprint density at radius 1 is 1.00 bits per heavy atom. The Hall–Kier alpha value is -4.29. The van der Waals surface area contributed by atoms with E-state index in [4.69, 9.17) is 4.74 Å². The van der Waals surface area contributed by atoms with Crippen molar-refractivity contribution < 1.29 is 31.9 Å². The average molecular weight is 585 g/mol. The van der Waals surface area contributed by atoms with E-state index >= 15 is 0 Å². The van der Waals surface area contributed by atoms with E-state index in [-0.39, 0.29) is 42.1 Å². The van der Waals surface area contributed by atoms with E-state index in [0.717, 1.165) is 12.3 Å². The van der Waals surface area contributed by atoms with Gasteiger partial charge in [0.1, 0.15) is 18.1 Å². The zero-order valence-electron chi connectivity index (χ0n) is 22.7. The summed E-state index contributed by atoms with van der Waals surface area (Å²) in [5.41, 5.74) is 0.338. The molecule has 1 aliphatic carbocycles. The van der Waals surface area contributed by atoms with Crippen LogP contribution in [0, 0.1) is 11.2 Å². The molecule has 0 unspecified atom stereocenters. The molecule has 0 atom stereocenters. The first-order valence-corrected chi connectivity index (χ1v) is 13.5. The molecule has 13 heteroatoms. The zero-order valence-corrected chi connectivity index (χ0v) is 22.7. The Morgan fingerprint density at radius 3 is 2.31 bits per heavy atom. The van der Waals surface area contributed by atoms with E-state index in [1.807, 2.05) is 4.90 Å². The van der Waals surface area contributed by atoms with Crippen molar-refractivity contribution in [3.05, 3.63) is 77.0 Å². The summed E-state index contributed by atoms with van der Waals surface area (Å²) in [6, 6.07) is 10.3. The summed E-state index contributed by atoms with van der Waals surface area (Å²) >= 11 is 0. The third-order valence-corrected chi connectivity index (χ3v) is 8.17. The number of benzene rings is 1. The molecule has 0 radical (unpaired) electrons. The number of aromatic nitrogens is 3. The number of hydrogen-bond acceptors (Lipinski definition) is 7. The van der Waals surface area contributed by atoms with Crippen molar-refractivity contribution in [1.29, 1.82) is 0 Å². The lowest BCUT2D eigenvalue weighted by Gasteiger charge is -2.60. The number of amides is 2. The van der Waals surface area contributed by atoms with Crippen LogP contribution in [0.15, 0.2) is 48.7 Å². The second kappa shape index (κ2) is 10.2. The lowest BCUT2D eigenvalue weighted by molar-refractivity contribution is -0.142. The van der Waals surface area contributed by atoms with Gasteiger partial charge in [0.15, 0.2) is 0 Å². The highest BCUT2D eigenvalue weighted by Crippen LogP contribution is 2.47. The Balaban J connectivity index is 0.996. The minimum Gasteiger partial charge on any atom is -0.472 e. The van der Waals surface area contributed by atoms with Crippen LogP contribution in [-0.4, -0.2) is 58.1 Å². The standard InChI is InChI=1S/C29H28F4N6O3/c1-18(40)38-14-27(15-38)16-39(17-27)22-4-2-19(10-21(22)30)11-35-26(41)28(8-9-28)23-6-7-25(37-36-23)42-13-20-3-5-24(34-12-20)29(31,32)33/h2-7,10,12H,8-9,11,13-17H2,1H3,(H,35,41). The van der Waals surface area contributed by atoms with E-state index in [0.29, 0.717) is 61.5 Å². The van der Waals surface area contributed by atoms with Crippen LogP contribution in [0.5, 0.6) is 5.88 Å². The summed E-state index contributed by atoms with van der Waals surface area (Å²) in [6.45, 7) is 4.52. The van der Waals surface area contributed by atoms with Gasteiger partial charge in [0.25, 0.3) is 0 Å². The summed E-state index contributed by atoms with van der Waals surface area (Å²) < 4.78 is 58.4. The molecule has 0 bridgehead atoms. The minimum absolute atomic E-state index is 0.0444. The Kier molecular flexibility index (Phi) is 6.77. The van der Waals surface area contributed by atoms with Crippen LogP contribution in [0.25, 0.3) is 0 Å². The molecule has 1 N–H and O–H groups in total. The molecule has 2 saturated heterocycles. The van der Waals surface area contributed by atoms with Crippen LogP contribution in [0.1, 0.15) is 42.3 Å². The zero-order chi connectivity index (χ0) is 29.7. The van der Waals surface area contributed by atoms with Crippen LogP contribution in [-0.2, 0) is 34.3 Å². The fourth-order valence-electron chi connectivity index (χ4n) is 5.60. The van der Waals surface area contributed by atoms with Crippen LogP contribution in [0.3, 0.4) is 0 Å². The van der Waals surface area contributed by atoms with Gasteiger partial charge in [0.05, 0.1) is 16.8 Å². The van der Waals surface area contributed by atoms with Gasteiger partial charge in [0.2, 0.25) is 17.7 Å². The molecule has 1 saturated carbocycles. The van der Waals surface area contributed by atoms with Gasteiger partial charge in [-0.3, -0.25) is 14.6 Å². The maximum Gasteiger partial charge on any atom is 0.433 e. The van der Waals surface area contributed by atoms with Crippen molar-refractivity contribution in [2.75, 3.05) is 31.1 Å². The first-order chi connectivity index (χ1) is 20.0. The molecular weight excluding hydrogens is 556 g/mol. The lowest BCUT2D eigenvalue weighted by atomic mass is 9.72. The molecule has 3 aliphatic rings. The second-order valence-electron chi connectivity index (χ2n) is 11.4. The summed E-state index contributed by atoms with van der Waals surface area (Å²) in [4.78, 5) is 31.7. The number of alkyl halides is 3. The third-order valence-electron chi connectivity index (χ3n) is 8.17. The van der Waals surface area contributed by atoms with Gasteiger partial charge in [-0.05, 0) is 42.7 Å². The summed E-state index contributed by atoms with van der Waals surface area (Å²) in [6.07, 6.45) is -2.23. The molecule has 2 aliphatic heterocycles. The van der Waals surface area contributed by atoms with Crippen molar-refractivity contribution in [3.8, 4) is 5.88 Å². The lowest BCUT2D eigenvalue weighted by Crippen LogP contribution is -2.73. The van der Waals surface area contributed by atoms with Crippen LogP contribution >= 0.6 is 0 Å². The molecule has 9 nitrogen and oxygen atoms in total. The number of anilines is 1. The highest BCUT2D eigenvalue weighted by molar-refractivity contribution is 5.90. The molecule has 2 amide bonds. The van der Waals surface area contributed by atoms with Crippen molar-refractivity contribution in [2.24, 2.45) is 5.41 Å². The first kappa shape index (κ1) is 27.9. The SMILES string of the molecule is CC(=O)N1CC2(C1)CN(c1ccc(CNC(=O)C3(c4ccc(OCc5ccc(C(F)(F)F)nc5)nn4)CC3)cc1F)C2. The predicted octanol–water partition coefficient (Wildman–Crippen LogP) is 3.63. The number of likely N-dealkylation sites (tertiary alicyclic amines) is 1. The minimum atomic E-state index is -4.51. The van der Waals surface area contributed by atoms with E-state index in [1.165, 1.54) is 12.1 Å². The quantitative estimate of drug-likeness (QED) is 0.404. The van der Waals surface area contributed by atoms with Crippen LogP contribution in [0.4, 0.5) is 23.2 Å². The van der Waals surface area contributed by atoms with E-state index in [1.54, 1.807) is 36.1 Å². The summed E-state index contributed by atoms with van der Waals surface area (Å²) in [7, 11) is 0. The maximum atomic E-state index is 14.9. The summed E-state index contributed by atoms with van der Waals surface area (Å²) in [5.74, 6) is -0.355. The summed E-state index contributed by atoms with van der Waals surface area (Å²) in [5, 5.41) is 11.1. The topological polar surface area (TPSA) is 101 Å². The van der Waals surface area contributed by atoms with Gasteiger partial charge in [-0.2, -0.15) is 18.3 Å². The van der Waals surface area contributed by atoms with Crippen LogP contribution in [0.2, 0.25) is 0 Å². The molecule has 42 heavy (non-hydrogen) atoms. The van der Waals surface area contributed by atoms with Gasteiger partial charge in [-0.1, -0.05) is 12.1 Å². The predicted molar refractivity (Wildman–Crippen MR) is 142 cm³/mol. The van der Waals surface area contributed by atoms with Crippen molar-refractivity contribution >= 4 is 17.5 Å². The molecule has 1 aromatic carbocycles. The molecule has 3 fully saturated rings. The number of carbonyl (C=O) groups excluding carboxylic acids is 2. The smallest absolute Gasteiger partial charge is 0.433 e. The fourth-order valence-corrected chi connectivity index (χ4v) is 5.60. The Bertz CT molecular complexity index is 1500. The molecule has 2 aromatic heterocycles. The number of carbonyl (C=O) groups is 2.